The fourth-order valence-corrected chi connectivity index (χ4v) is 3.28. The largest absolute Gasteiger partial charge is 0.497 e. The average Bonchev–Trinajstić information content (AvgIpc) is 3.16. The van der Waals surface area contributed by atoms with Crippen LogP contribution in [0.2, 0.25) is 0 Å². The second-order valence-electron chi connectivity index (χ2n) is 5.87. The summed E-state index contributed by atoms with van der Waals surface area (Å²) in [5.41, 5.74) is 2.13. The van der Waals surface area contributed by atoms with Crippen molar-refractivity contribution in [2.24, 2.45) is 0 Å². The van der Waals surface area contributed by atoms with Crippen LogP contribution in [0.5, 0.6) is 11.5 Å². The first-order valence-electron chi connectivity index (χ1n) is 8.08. The highest BCUT2D eigenvalue weighted by atomic mass is 16.5. The number of nitrogens with one attached hydrogen (secondary N) is 1. The zero-order chi connectivity index (χ0) is 17.2. The third-order valence-corrected chi connectivity index (χ3v) is 4.51. The Morgan fingerprint density at radius 2 is 2.12 bits per heavy atom. The van der Waals surface area contributed by atoms with Gasteiger partial charge >= 0.3 is 0 Å². The number of hydrogen-bond acceptors (Lipinski definition) is 6. The van der Waals surface area contributed by atoms with Crippen LogP contribution in [0, 0.1) is 0 Å². The van der Waals surface area contributed by atoms with E-state index in [1.54, 1.807) is 26.7 Å². The lowest BCUT2D eigenvalue weighted by atomic mass is 9.93. The van der Waals surface area contributed by atoms with Gasteiger partial charge in [0, 0.05) is 18.0 Å². The van der Waals surface area contributed by atoms with Crippen molar-refractivity contribution in [3.8, 4) is 11.5 Å². The number of aromatic nitrogens is 4. The van der Waals surface area contributed by atoms with Crippen molar-refractivity contribution in [1.82, 2.24) is 19.7 Å². The van der Waals surface area contributed by atoms with E-state index in [2.05, 4.69) is 26.4 Å². The average molecular weight is 337 g/mol. The molecule has 1 N–H and O–H groups in total. The lowest BCUT2D eigenvalue weighted by Gasteiger charge is -2.32. The maximum Gasteiger partial charge on any atom is 0.222 e. The summed E-state index contributed by atoms with van der Waals surface area (Å²) in [6, 6.07) is 9.89. The van der Waals surface area contributed by atoms with Crippen LogP contribution >= 0.6 is 0 Å². The van der Waals surface area contributed by atoms with Crippen molar-refractivity contribution in [3.05, 3.63) is 60.2 Å². The molecule has 7 nitrogen and oxygen atoms in total. The molecule has 0 saturated carbocycles. The minimum Gasteiger partial charge on any atom is -0.497 e. The van der Waals surface area contributed by atoms with E-state index in [1.807, 2.05) is 35.1 Å². The Kier molecular flexibility index (Phi) is 3.97. The Labute approximate surface area is 145 Å². The number of ether oxygens (including phenoxy) is 2. The Morgan fingerprint density at radius 1 is 1.20 bits per heavy atom. The highest BCUT2D eigenvalue weighted by Crippen LogP contribution is 2.41. The molecule has 0 amide bonds. The fourth-order valence-electron chi connectivity index (χ4n) is 3.28. The Morgan fingerprint density at radius 3 is 2.88 bits per heavy atom. The molecular formula is C18H19N5O2. The van der Waals surface area contributed by atoms with Gasteiger partial charge in [0.05, 0.1) is 26.3 Å². The SMILES string of the molecule is COc1ccc(OC)c([C@@H]2C[C@H](c3cccnc3)Nc3ncnn32)c1. The van der Waals surface area contributed by atoms with E-state index < -0.39 is 0 Å². The lowest BCUT2D eigenvalue weighted by Crippen LogP contribution is -2.28. The van der Waals surface area contributed by atoms with Gasteiger partial charge in [0.2, 0.25) is 5.95 Å². The van der Waals surface area contributed by atoms with Crippen molar-refractivity contribution >= 4 is 5.95 Å². The summed E-state index contributed by atoms with van der Waals surface area (Å²) in [5.74, 6) is 2.32. The summed E-state index contributed by atoms with van der Waals surface area (Å²) in [7, 11) is 3.33. The molecule has 128 valence electrons. The molecule has 0 spiro atoms. The minimum absolute atomic E-state index is 0.0194. The first-order valence-corrected chi connectivity index (χ1v) is 8.08. The highest BCUT2D eigenvalue weighted by molar-refractivity contribution is 5.45. The van der Waals surface area contributed by atoms with Crippen LogP contribution in [0.25, 0.3) is 0 Å². The van der Waals surface area contributed by atoms with Crippen molar-refractivity contribution in [2.45, 2.75) is 18.5 Å². The van der Waals surface area contributed by atoms with E-state index in [-0.39, 0.29) is 12.1 Å². The quantitative estimate of drug-likeness (QED) is 0.789. The molecule has 0 aliphatic carbocycles. The Hall–Kier alpha value is -3.09. The molecule has 0 unspecified atom stereocenters. The molecule has 0 saturated heterocycles. The molecule has 1 aliphatic heterocycles. The molecule has 1 aromatic carbocycles. The standard InChI is InChI=1S/C18H19N5O2/c1-24-13-5-6-17(25-2)14(8-13)16-9-15(12-4-3-7-19-10-12)22-18-20-11-21-23(16)18/h3-8,10-11,15-16H,9H2,1-2H3,(H,20,21,22)/t15-,16+/m1/s1. The van der Waals surface area contributed by atoms with Crippen LogP contribution in [0.3, 0.4) is 0 Å². The molecule has 4 rings (SSSR count). The van der Waals surface area contributed by atoms with Gasteiger partial charge in [0.15, 0.2) is 0 Å². The van der Waals surface area contributed by atoms with Gasteiger partial charge in [-0.2, -0.15) is 10.1 Å². The fraction of sp³-hybridized carbons (Fsp3) is 0.278. The first kappa shape index (κ1) is 15.4. The van der Waals surface area contributed by atoms with E-state index in [4.69, 9.17) is 9.47 Å². The van der Waals surface area contributed by atoms with Crippen LogP contribution in [-0.4, -0.2) is 34.0 Å². The van der Waals surface area contributed by atoms with Gasteiger partial charge in [0.1, 0.15) is 17.8 Å². The van der Waals surface area contributed by atoms with Gasteiger partial charge in [0.25, 0.3) is 0 Å². The summed E-state index contributed by atoms with van der Waals surface area (Å²) in [5, 5.41) is 7.84. The molecule has 0 radical (unpaired) electrons. The van der Waals surface area contributed by atoms with Crippen LogP contribution < -0.4 is 14.8 Å². The van der Waals surface area contributed by atoms with E-state index in [0.29, 0.717) is 0 Å². The number of rotatable bonds is 4. The molecule has 3 heterocycles. The van der Waals surface area contributed by atoms with Crippen LogP contribution in [-0.2, 0) is 0 Å². The predicted octanol–water partition coefficient (Wildman–Crippen LogP) is 2.84. The molecule has 1 aliphatic rings. The highest BCUT2D eigenvalue weighted by Gasteiger charge is 2.32. The lowest BCUT2D eigenvalue weighted by molar-refractivity contribution is 0.373. The summed E-state index contributed by atoms with van der Waals surface area (Å²) >= 11 is 0. The van der Waals surface area contributed by atoms with Gasteiger partial charge in [-0.15, -0.1) is 0 Å². The molecule has 25 heavy (non-hydrogen) atoms. The molecule has 0 bridgehead atoms. The van der Waals surface area contributed by atoms with Crippen molar-refractivity contribution in [1.29, 1.82) is 0 Å². The summed E-state index contributed by atoms with van der Waals surface area (Å²) < 4.78 is 12.9. The van der Waals surface area contributed by atoms with E-state index in [0.717, 1.165) is 35.0 Å². The monoisotopic (exact) mass is 337 g/mol. The smallest absolute Gasteiger partial charge is 0.222 e. The number of methoxy groups -OCH3 is 2. The predicted molar refractivity (Wildman–Crippen MR) is 92.9 cm³/mol. The van der Waals surface area contributed by atoms with Crippen molar-refractivity contribution < 1.29 is 9.47 Å². The van der Waals surface area contributed by atoms with E-state index in [9.17, 15) is 0 Å². The van der Waals surface area contributed by atoms with E-state index in [1.165, 1.54) is 0 Å². The van der Waals surface area contributed by atoms with Gasteiger partial charge in [-0.3, -0.25) is 4.98 Å². The van der Waals surface area contributed by atoms with Crippen LogP contribution in [0.1, 0.15) is 29.6 Å². The zero-order valence-electron chi connectivity index (χ0n) is 14.1. The van der Waals surface area contributed by atoms with Gasteiger partial charge in [-0.1, -0.05) is 6.07 Å². The number of benzene rings is 1. The maximum atomic E-state index is 5.58. The van der Waals surface area contributed by atoms with Crippen LogP contribution in [0.15, 0.2) is 49.1 Å². The summed E-state index contributed by atoms with van der Waals surface area (Å²) in [6.45, 7) is 0. The Balaban J connectivity index is 1.79. The number of pyridine rings is 1. The number of nitrogens with zero attached hydrogens (tertiary/aromatic N) is 4. The molecular weight excluding hydrogens is 318 g/mol. The summed E-state index contributed by atoms with van der Waals surface area (Å²) in [6.07, 6.45) is 6.01. The maximum absolute atomic E-state index is 5.58. The molecule has 3 aromatic rings. The van der Waals surface area contributed by atoms with Gasteiger partial charge in [-0.25, -0.2) is 4.68 Å². The van der Waals surface area contributed by atoms with Gasteiger partial charge in [-0.05, 0) is 36.2 Å². The second kappa shape index (κ2) is 6.43. The third-order valence-electron chi connectivity index (χ3n) is 4.51. The normalized spacial score (nSPS) is 19.0. The molecule has 0 fully saturated rings. The van der Waals surface area contributed by atoms with E-state index >= 15 is 0 Å². The number of anilines is 1. The molecule has 2 aromatic heterocycles. The number of hydrogen-bond donors (Lipinski definition) is 1. The first-order chi connectivity index (χ1) is 12.3. The molecule has 2 atom stereocenters. The van der Waals surface area contributed by atoms with Crippen LogP contribution in [0.4, 0.5) is 5.95 Å². The topological polar surface area (TPSA) is 74.1 Å². The van der Waals surface area contributed by atoms with Crippen molar-refractivity contribution in [3.63, 3.8) is 0 Å². The minimum atomic E-state index is -0.0194. The number of fused-ring (bicyclic) bond motifs is 1. The van der Waals surface area contributed by atoms with Crippen molar-refractivity contribution in [2.75, 3.05) is 19.5 Å². The molecule has 7 heteroatoms. The Bertz CT molecular complexity index is 865. The van der Waals surface area contributed by atoms with Gasteiger partial charge < -0.3 is 14.8 Å². The third kappa shape index (κ3) is 2.77. The summed E-state index contributed by atoms with van der Waals surface area (Å²) in [4.78, 5) is 8.59. The second-order valence-corrected chi connectivity index (χ2v) is 5.87. The zero-order valence-corrected chi connectivity index (χ0v) is 14.1.